The molecule has 2 atom stereocenters. The fourth-order valence-electron chi connectivity index (χ4n) is 2.09. The highest BCUT2D eigenvalue weighted by Gasteiger charge is 2.29. The van der Waals surface area contributed by atoms with E-state index in [-0.39, 0.29) is 18.1 Å². The summed E-state index contributed by atoms with van der Waals surface area (Å²) in [5.74, 6) is 0.0717. The maximum Gasteiger partial charge on any atom is 0.254 e. The average Bonchev–Trinajstić information content (AvgIpc) is 2.41. The predicted octanol–water partition coefficient (Wildman–Crippen LogP) is 3.38. The van der Waals surface area contributed by atoms with Gasteiger partial charge in [0.2, 0.25) is 0 Å². The fraction of sp³-hybridized carbons (Fsp3) is 0.500. The Morgan fingerprint density at radius 1 is 1.53 bits per heavy atom. The van der Waals surface area contributed by atoms with Crippen LogP contribution in [0.1, 0.15) is 22.8 Å². The number of halogens is 2. The number of alkyl halides is 1. The number of rotatable bonds is 2. The van der Waals surface area contributed by atoms with E-state index in [9.17, 15) is 4.79 Å². The van der Waals surface area contributed by atoms with Gasteiger partial charge in [0.25, 0.3) is 5.91 Å². The Labute approximate surface area is 130 Å². The van der Waals surface area contributed by atoms with Crippen molar-refractivity contribution in [3.8, 4) is 0 Å². The molecule has 104 valence electrons. The summed E-state index contributed by atoms with van der Waals surface area (Å²) in [6.07, 6.45) is 0.0778. The van der Waals surface area contributed by atoms with E-state index >= 15 is 0 Å². The molecule has 0 N–H and O–H groups in total. The third-order valence-electron chi connectivity index (χ3n) is 3.36. The van der Waals surface area contributed by atoms with Crippen molar-refractivity contribution in [3.05, 3.63) is 33.8 Å². The van der Waals surface area contributed by atoms with Crippen LogP contribution in [-0.2, 0) is 4.74 Å². The Morgan fingerprint density at radius 2 is 2.26 bits per heavy atom. The summed E-state index contributed by atoms with van der Waals surface area (Å²) in [4.78, 5) is 14.5. The standard InChI is InChI=1S/C14H17Br2NO2/c1-9-3-4-11(5-13(9)16)14(18)17-7-12(6-15)19-8-10(17)2/h3-5,10,12H,6-8H2,1-2H3. The minimum Gasteiger partial charge on any atom is -0.373 e. The van der Waals surface area contributed by atoms with Crippen molar-refractivity contribution in [2.75, 3.05) is 18.5 Å². The highest BCUT2D eigenvalue weighted by molar-refractivity contribution is 9.10. The first kappa shape index (κ1) is 15.0. The van der Waals surface area contributed by atoms with Gasteiger partial charge in [0.15, 0.2) is 0 Å². The summed E-state index contributed by atoms with van der Waals surface area (Å²) in [7, 11) is 0. The number of ether oxygens (including phenoxy) is 1. The Morgan fingerprint density at radius 3 is 2.89 bits per heavy atom. The van der Waals surface area contributed by atoms with Crippen LogP contribution in [0.5, 0.6) is 0 Å². The molecule has 1 aromatic rings. The number of hydrogen-bond donors (Lipinski definition) is 0. The number of aryl methyl sites for hydroxylation is 1. The molecule has 2 rings (SSSR count). The van der Waals surface area contributed by atoms with Crippen LogP contribution >= 0.6 is 31.9 Å². The van der Waals surface area contributed by atoms with Crippen LogP contribution in [-0.4, -0.2) is 41.4 Å². The molecule has 1 amide bonds. The third kappa shape index (κ3) is 3.38. The van der Waals surface area contributed by atoms with Crippen molar-refractivity contribution in [1.82, 2.24) is 4.90 Å². The van der Waals surface area contributed by atoms with Gasteiger partial charge < -0.3 is 9.64 Å². The van der Waals surface area contributed by atoms with Crippen molar-refractivity contribution in [1.29, 1.82) is 0 Å². The molecule has 0 aromatic heterocycles. The van der Waals surface area contributed by atoms with Crippen LogP contribution in [0, 0.1) is 6.92 Å². The predicted molar refractivity (Wildman–Crippen MR) is 82.9 cm³/mol. The summed E-state index contributed by atoms with van der Waals surface area (Å²) in [5.41, 5.74) is 1.85. The topological polar surface area (TPSA) is 29.5 Å². The summed E-state index contributed by atoms with van der Waals surface area (Å²) in [6, 6.07) is 5.85. The number of morpholine rings is 1. The van der Waals surface area contributed by atoms with Gasteiger partial charge in [-0.2, -0.15) is 0 Å². The minimum atomic E-state index is 0.0717. The van der Waals surface area contributed by atoms with Gasteiger partial charge in [0.1, 0.15) is 0 Å². The van der Waals surface area contributed by atoms with E-state index in [1.54, 1.807) is 0 Å². The molecule has 3 nitrogen and oxygen atoms in total. The second-order valence-corrected chi connectivity index (χ2v) is 6.38. The summed E-state index contributed by atoms with van der Waals surface area (Å²) in [6.45, 7) is 5.26. The van der Waals surface area contributed by atoms with Gasteiger partial charge in [-0.25, -0.2) is 0 Å². The van der Waals surface area contributed by atoms with E-state index in [0.717, 1.165) is 20.9 Å². The number of carbonyl (C=O) groups is 1. The molecule has 0 spiro atoms. The molecule has 0 bridgehead atoms. The Bertz CT molecular complexity index is 479. The lowest BCUT2D eigenvalue weighted by molar-refractivity contribution is -0.0361. The molecule has 19 heavy (non-hydrogen) atoms. The number of nitrogens with zero attached hydrogens (tertiary/aromatic N) is 1. The molecule has 1 aliphatic rings. The second kappa shape index (κ2) is 6.37. The maximum atomic E-state index is 12.6. The SMILES string of the molecule is Cc1ccc(C(=O)N2CC(CBr)OCC2C)cc1Br. The molecule has 5 heteroatoms. The molecular weight excluding hydrogens is 374 g/mol. The fourth-order valence-corrected chi connectivity index (χ4v) is 2.86. The van der Waals surface area contributed by atoms with E-state index in [0.29, 0.717) is 13.2 Å². The van der Waals surface area contributed by atoms with Gasteiger partial charge in [0.05, 0.1) is 18.8 Å². The van der Waals surface area contributed by atoms with Gasteiger partial charge in [-0.15, -0.1) is 0 Å². The van der Waals surface area contributed by atoms with Gasteiger partial charge >= 0.3 is 0 Å². The lowest BCUT2D eigenvalue weighted by Gasteiger charge is -2.37. The smallest absolute Gasteiger partial charge is 0.254 e. The first-order valence-electron chi connectivity index (χ1n) is 6.27. The van der Waals surface area contributed by atoms with E-state index < -0.39 is 0 Å². The summed E-state index contributed by atoms with van der Waals surface area (Å²) in [5, 5.41) is 0.751. The van der Waals surface area contributed by atoms with Crippen molar-refractivity contribution in [3.63, 3.8) is 0 Å². The Balaban J connectivity index is 2.19. The Hall–Kier alpha value is -0.390. The average molecular weight is 391 g/mol. The molecule has 0 aliphatic carbocycles. The van der Waals surface area contributed by atoms with Gasteiger partial charge in [-0.05, 0) is 31.5 Å². The quantitative estimate of drug-likeness (QED) is 0.724. The molecule has 1 saturated heterocycles. The molecule has 1 aromatic carbocycles. The normalized spacial score (nSPS) is 23.5. The molecule has 0 radical (unpaired) electrons. The number of carbonyl (C=O) groups excluding carboxylic acids is 1. The highest BCUT2D eigenvalue weighted by atomic mass is 79.9. The summed E-state index contributed by atoms with van der Waals surface area (Å²) >= 11 is 6.89. The number of hydrogen-bond acceptors (Lipinski definition) is 2. The molecule has 1 fully saturated rings. The van der Waals surface area contributed by atoms with Crippen LogP contribution in [0.3, 0.4) is 0 Å². The van der Waals surface area contributed by atoms with Gasteiger partial charge in [-0.1, -0.05) is 37.9 Å². The van der Waals surface area contributed by atoms with E-state index in [4.69, 9.17) is 4.74 Å². The zero-order valence-electron chi connectivity index (χ0n) is 11.0. The zero-order chi connectivity index (χ0) is 14.0. The molecule has 2 unspecified atom stereocenters. The van der Waals surface area contributed by atoms with E-state index in [2.05, 4.69) is 31.9 Å². The van der Waals surface area contributed by atoms with Crippen LogP contribution < -0.4 is 0 Å². The molecule has 0 saturated carbocycles. The second-order valence-electron chi connectivity index (χ2n) is 4.88. The Kier molecular flexibility index (Phi) is 5.03. The van der Waals surface area contributed by atoms with Crippen LogP contribution in [0.15, 0.2) is 22.7 Å². The third-order valence-corrected chi connectivity index (χ3v) is 4.93. The van der Waals surface area contributed by atoms with Crippen LogP contribution in [0.4, 0.5) is 0 Å². The number of amides is 1. The van der Waals surface area contributed by atoms with Crippen molar-refractivity contribution in [2.45, 2.75) is 26.0 Å². The van der Waals surface area contributed by atoms with E-state index in [1.165, 1.54) is 0 Å². The largest absolute Gasteiger partial charge is 0.373 e. The van der Waals surface area contributed by atoms with Crippen molar-refractivity contribution in [2.24, 2.45) is 0 Å². The molecular formula is C14H17Br2NO2. The van der Waals surface area contributed by atoms with Crippen LogP contribution in [0.25, 0.3) is 0 Å². The minimum absolute atomic E-state index is 0.0717. The zero-order valence-corrected chi connectivity index (χ0v) is 14.2. The highest BCUT2D eigenvalue weighted by Crippen LogP contribution is 2.21. The van der Waals surface area contributed by atoms with Gasteiger partial charge in [-0.3, -0.25) is 4.79 Å². The van der Waals surface area contributed by atoms with Crippen molar-refractivity contribution < 1.29 is 9.53 Å². The lowest BCUT2D eigenvalue weighted by Crippen LogP contribution is -2.51. The van der Waals surface area contributed by atoms with Crippen LogP contribution in [0.2, 0.25) is 0 Å². The van der Waals surface area contributed by atoms with E-state index in [1.807, 2.05) is 36.9 Å². The monoisotopic (exact) mass is 389 g/mol. The van der Waals surface area contributed by atoms with Gasteiger partial charge in [0, 0.05) is 21.9 Å². The molecule has 1 aliphatic heterocycles. The lowest BCUT2D eigenvalue weighted by atomic mass is 10.1. The maximum absolute atomic E-state index is 12.6. The van der Waals surface area contributed by atoms with Crippen molar-refractivity contribution >= 4 is 37.8 Å². The summed E-state index contributed by atoms with van der Waals surface area (Å²) < 4.78 is 6.62. The molecule has 1 heterocycles. The first-order valence-corrected chi connectivity index (χ1v) is 8.19. The number of benzene rings is 1. The first-order chi connectivity index (χ1) is 9.02.